The van der Waals surface area contributed by atoms with Crippen LogP contribution in [-0.2, 0) is 17.1 Å². The van der Waals surface area contributed by atoms with Gasteiger partial charge in [-0.25, -0.2) is 0 Å². The van der Waals surface area contributed by atoms with Crippen LogP contribution in [0.1, 0.15) is 40.2 Å². The van der Waals surface area contributed by atoms with Crippen molar-refractivity contribution in [3.05, 3.63) is 54.4 Å². The fourth-order valence-corrected chi connectivity index (χ4v) is 4.09. The van der Waals surface area contributed by atoms with E-state index in [4.69, 9.17) is 4.43 Å². The Labute approximate surface area is 153 Å². The Morgan fingerprint density at radius 1 is 1.04 bits per heavy atom. The first kappa shape index (κ1) is 17.9. The fraction of sp³-hybridized carbons (Fsp3) is 0.381. The van der Waals surface area contributed by atoms with E-state index in [1.54, 1.807) is 0 Å². The molecule has 132 valence electrons. The molecule has 0 radical (unpaired) electrons. The van der Waals surface area contributed by atoms with Crippen molar-refractivity contribution in [2.24, 2.45) is 7.05 Å². The molecule has 25 heavy (non-hydrogen) atoms. The molecule has 0 fully saturated rings. The number of pyridine rings is 1. The quantitative estimate of drug-likeness (QED) is 0.631. The molecular weight excluding hydrogens is 324 g/mol. The van der Waals surface area contributed by atoms with E-state index in [1.807, 2.05) is 12.4 Å². The van der Waals surface area contributed by atoms with E-state index < -0.39 is 9.76 Å². The molecule has 0 saturated heterocycles. The third-order valence-electron chi connectivity index (χ3n) is 4.56. The highest BCUT2D eigenvalue weighted by Gasteiger charge is 2.28. The third kappa shape index (κ3) is 3.70. The molecule has 0 aliphatic carbocycles. The number of rotatable bonds is 4. The van der Waals surface area contributed by atoms with Gasteiger partial charge in [-0.15, -0.1) is 0 Å². The molecule has 0 aliphatic rings. The lowest BCUT2D eigenvalue weighted by Crippen LogP contribution is -2.28. The van der Waals surface area contributed by atoms with Crippen LogP contribution < -0.4 is 0 Å². The van der Waals surface area contributed by atoms with Gasteiger partial charge in [0.25, 0.3) is 0 Å². The topological polar surface area (TPSA) is 27.1 Å². The van der Waals surface area contributed by atoms with Crippen molar-refractivity contribution < 1.29 is 4.43 Å². The van der Waals surface area contributed by atoms with Crippen LogP contribution in [-0.4, -0.2) is 19.3 Å². The number of fused-ring (bicyclic) bond motifs is 1. The van der Waals surface area contributed by atoms with Gasteiger partial charge in [0.15, 0.2) is 9.76 Å². The van der Waals surface area contributed by atoms with Crippen LogP contribution in [0.25, 0.3) is 22.2 Å². The molecule has 0 spiro atoms. The van der Waals surface area contributed by atoms with Gasteiger partial charge in [0.2, 0.25) is 0 Å². The molecule has 4 heteroatoms. The summed E-state index contributed by atoms with van der Waals surface area (Å²) >= 11 is 0. The number of aromatic nitrogens is 2. The number of para-hydroxylation sites is 1. The van der Waals surface area contributed by atoms with Crippen LogP contribution in [0.4, 0.5) is 0 Å². The Bertz CT molecular complexity index is 890. The summed E-state index contributed by atoms with van der Waals surface area (Å²) < 4.78 is 8.70. The smallest absolute Gasteiger partial charge is 0.168 e. The lowest BCUT2D eigenvalue weighted by molar-refractivity contribution is 0.110. The summed E-state index contributed by atoms with van der Waals surface area (Å²) in [6.45, 7) is 11.1. The lowest BCUT2D eigenvalue weighted by Gasteiger charge is -2.32. The van der Waals surface area contributed by atoms with Crippen molar-refractivity contribution in [2.45, 2.75) is 45.3 Å². The Morgan fingerprint density at radius 2 is 1.76 bits per heavy atom. The number of nitrogens with zero attached hydrogens (tertiary/aromatic N) is 2. The summed E-state index contributed by atoms with van der Waals surface area (Å²) in [4.78, 5) is 4.40. The van der Waals surface area contributed by atoms with Gasteiger partial charge >= 0.3 is 0 Å². The van der Waals surface area contributed by atoms with Crippen molar-refractivity contribution in [3.63, 3.8) is 0 Å². The standard InChI is InChI=1S/C21H28N2OSi/c1-20(2,3)25-24-21(4,5)17-11-12-22-14-16(17)19-13-15-9-7-8-10-18(15)23(19)6/h7-14H,25H2,1-6H3. The van der Waals surface area contributed by atoms with E-state index in [9.17, 15) is 0 Å². The molecular formula is C21H28N2OSi. The zero-order valence-electron chi connectivity index (χ0n) is 16.1. The highest BCUT2D eigenvalue weighted by atomic mass is 28.2. The molecule has 0 bridgehead atoms. The maximum Gasteiger partial charge on any atom is 0.168 e. The van der Waals surface area contributed by atoms with Crippen LogP contribution >= 0.6 is 0 Å². The normalized spacial score (nSPS) is 13.2. The van der Waals surface area contributed by atoms with E-state index in [0.717, 1.165) is 5.56 Å². The van der Waals surface area contributed by atoms with Gasteiger partial charge in [0, 0.05) is 35.9 Å². The monoisotopic (exact) mass is 352 g/mol. The first-order chi connectivity index (χ1) is 11.7. The molecule has 0 saturated carbocycles. The first-order valence-electron chi connectivity index (χ1n) is 8.82. The summed E-state index contributed by atoms with van der Waals surface area (Å²) in [5, 5.41) is 1.52. The predicted molar refractivity (Wildman–Crippen MR) is 109 cm³/mol. The summed E-state index contributed by atoms with van der Waals surface area (Å²) in [6.07, 6.45) is 3.83. The molecule has 3 rings (SSSR count). The predicted octanol–water partition coefficient (Wildman–Crippen LogP) is 4.79. The minimum absolute atomic E-state index is 0.268. The van der Waals surface area contributed by atoms with Crippen molar-refractivity contribution in [1.82, 2.24) is 9.55 Å². The Balaban J connectivity index is 2.07. The Kier molecular flexibility index (Phi) is 4.60. The van der Waals surface area contributed by atoms with Crippen molar-refractivity contribution in [2.75, 3.05) is 0 Å². The SMILES string of the molecule is Cn1c(-c2cnccc2C(C)(C)O[SiH2]C(C)(C)C)cc2ccccc21. The Morgan fingerprint density at radius 3 is 2.44 bits per heavy atom. The van der Waals surface area contributed by atoms with Gasteiger partial charge in [-0.3, -0.25) is 4.98 Å². The van der Waals surface area contributed by atoms with Gasteiger partial charge in [-0.1, -0.05) is 39.0 Å². The minimum Gasteiger partial charge on any atom is -0.415 e. The number of benzene rings is 1. The molecule has 0 aliphatic heterocycles. The minimum atomic E-state index is -0.655. The van der Waals surface area contributed by atoms with E-state index in [2.05, 4.69) is 87.6 Å². The molecule has 2 aromatic heterocycles. The van der Waals surface area contributed by atoms with Crippen LogP contribution in [0.5, 0.6) is 0 Å². The molecule has 2 heterocycles. The number of hydrogen-bond donors (Lipinski definition) is 0. The first-order valence-corrected chi connectivity index (χ1v) is 10.1. The molecule has 0 amide bonds. The highest BCUT2D eigenvalue weighted by molar-refractivity contribution is 6.31. The highest BCUT2D eigenvalue weighted by Crippen LogP contribution is 2.37. The van der Waals surface area contributed by atoms with Gasteiger partial charge in [0.1, 0.15) is 0 Å². The summed E-state index contributed by atoms with van der Waals surface area (Å²) in [5.74, 6) is 0. The average molecular weight is 353 g/mol. The van der Waals surface area contributed by atoms with Crippen LogP contribution in [0.2, 0.25) is 5.04 Å². The molecule has 3 nitrogen and oxygen atoms in total. The van der Waals surface area contributed by atoms with Gasteiger partial charge in [-0.05, 0) is 42.6 Å². The lowest BCUT2D eigenvalue weighted by atomic mass is 9.93. The van der Waals surface area contributed by atoms with Crippen LogP contribution in [0.15, 0.2) is 48.8 Å². The van der Waals surface area contributed by atoms with E-state index in [1.165, 1.54) is 22.2 Å². The summed E-state index contributed by atoms with van der Waals surface area (Å²) in [5.41, 5.74) is 4.43. The van der Waals surface area contributed by atoms with Gasteiger partial charge in [-0.2, -0.15) is 0 Å². The van der Waals surface area contributed by atoms with Crippen molar-refractivity contribution in [1.29, 1.82) is 0 Å². The van der Waals surface area contributed by atoms with Gasteiger partial charge < -0.3 is 8.99 Å². The molecule has 0 atom stereocenters. The third-order valence-corrected chi connectivity index (χ3v) is 6.30. The van der Waals surface area contributed by atoms with E-state index in [0.29, 0.717) is 0 Å². The van der Waals surface area contributed by atoms with Crippen LogP contribution in [0, 0.1) is 0 Å². The van der Waals surface area contributed by atoms with Crippen LogP contribution in [0.3, 0.4) is 0 Å². The number of hydrogen-bond acceptors (Lipinski definition) is 2. The zero-order chi connectivity index (χ0) is 18.2. The fourth-order valence-electron chi connectivity index (χ4n) is 3.15. The largest absolute Gasteiger partial charge is 0.415 e. The zero-order valence-corrected chi connectivity index (χ0v) is 17.5. The molecule has 3 aromatic rings. The Hall–Kier alpha value is -1.91. The molecule has 1 aromatic carbocycles. The second kappa shape index (κ2) is 6.43. The maximum atomic E-state index is 6.46. The second-order valence-corrected chi connectivity index (χ2v) is 11.1. The molecule has 0 unspecified atom stereocenters. The number of aryl methyl sites for hydroxylation is 1. The summed E-state index contributed by atoms with van der Waals surface area (Å²) in [7, 11) is 1.46. The second-order valence-electron chi connectivity index (χ2n) is 8.43. The molecule has 0 N–H and O–H groups in total. The summed E-state index contributed by atoms with van der Waals surface area (Å²) in [6, 6.07) is 12.8. The maximum absolute atomic E-state index is 6.46. The van der Waals surface area contributed by atoms with Crippen molar-refractivity contribution >= 4 is 20.7 Å². The average Bonchev–Trinajstić information content (AvgIpc) is 2.90. The van der Waals surface area contributed by atoms with Crippen molar-refractivity contribution in [3.8, 4) is 11.3 Å². The van der Waals surface area contributed by atoms with E-state index in [-0.39, 0.29) is 10.6 Å². The van der Waals surface area contributed by atoms with E-state index >= 15 is 0 Å². The van der Waals surface area contributed by atoms with Gasteiger partial charge in [0.05, 0.1) is 11.3 Å².